The van der Waals surface area contributed by atoms with E-state index in [2.05, 4.69) is 29.6 Å². The van der Waals surface area contributed by atoms with Crippen LogP contribution in [0.1, 0.15) is 50.2 Å². The molecule has 3 aromatic rings. The van der Waals surface area contributed by atoms with Gasteiger partial charge in [0.05, 0.1) is 18.7 Å². The van der Waals surface area contributed by atoms with Crippen LogP contribution in [0.15, 0.2) is 78.9 Å². The van der Waals surface area contributed by atoms with Crippen molar-refractivity contribution >= 4 is 29.2 Å². The quantitative estimate of drug-likeness (QED) is 0.287. The first kappa shape index (κ1) is 21.3. The van der Waals surface area contributed by atoms with Gasteiger partial charge in [-0.1, -0.05) is 48.0 Å². The number of nitrogens with one attached hydrogen (secondary N) is 1. The Kier molecular flexibility index (Phi) is 5.65. The number of hydrogen-bond donors (Lipinski definition) is 1. The van der Waals surface area contributed by atoms with Crippen molar-refractivity contribution in [3.8, 4) is 5.75 Å². The Hall–Kier alpha value is -3.57. The Morgan fingerprint density at radius 3 is 2.58 bits per heavy atom. The summed E-state index contributed by atoms with van der Waals surface area (Å²) in [6, 6.07) is 20.2. The predicted molar refractivity (Wildman–Crippen MR) is 127 cm³/mol. The highest BCUT2D eigenvalue weighted by molar-refractivity contribution is 6.30. The van der Waals surface area contributed by atoms with Crippen LogP contribution in [0.25, 0.3) is 0 Å². The topological polar surface area (TPSA) is 64.6 Å². The maximum atomic E-state index is 12.9. The Labute approximate surface area is 197 Å². The molecule has 2 aliphatic rings. The molecule has 1 N–H and O–H groups in total. The Balaban J connectivity index is 1.43. The number of para-hydroxylation sites is 1. The largest absolute Gasteiger partial charge is 0.465 e. The molecule has 5 rings (SSSR count). The van der Waals surface area contributed by atoms with E-state index in [4.69, 9.17) is 21.1 Å². The SMILES string of the molecule is COC(=O)c1ccccc1OC(=O)c1ccc2c(c1)[C@H]1C=CC[C@H]1[C@@H](c1ccc(Cl)cc1)N2. The predicted octanol–water partition coefficient (Wildman–Crippen LogP) is 6.17. The zero-order valence-electron chi connectivity index (χ0n) is 18.0. The Morgan fingerprint density at radius 1 is 1.00 bits per heavy atom. The first-order chi connectivity index (χ1) is 16.0. The summed E-state index contributed by atoms with van der Waals surface area (Å²) in [6.45, 7) is 0. The van der Waals surface area contributed by atoms with E-state index < -0.39 is 11.9 Å². The first-order valence-corrected chi connectivity index (χ1v) is 11.1. The minimum Gasteiger partial charge on any atom is -0.465 e. The number of halogens is 1. The summed E-state index contributed by atoms with van der Waals surface area (Å²) in [6.07, 6.45) is 5.37. The van der Waals surface area contributed by atoms with E-state index in [1.807, 2.05) is 24.3 Å². The molecule has 33 heavy (non-hydrogen) atoms. The lowest BCUT2D eigenvalue weighted by molar-refractivity contribution is 0.0593. The third-order valence-electron chi connectivity index (χ3n) is 6.32. The third-order valence-corrected chi connectivity index (χ3v) is 6.57. The second-order valence-corrected chi connectivity index (χ2v) is 8.64. The summed E-state index contributed by atoms with van der Waals surface area (Å²) >= 11 is 6.08. The van der Waals surface area contributed by atoms with E-state index in [1.54, 1.807) is 30.3 Å². The summed E-state index contributed by atoms with van der Waals surface area (Å²) in [5, 5.41) is 4.37. The number of hydrogen-bond acceptors (Lipinski definition) is 5. The summed E-state index contributed by atoms with van der Waals surface area (Å²) < 4.78 is 10.4. The normalized spacial score (nSPS) is 20.4. The summed E-state index contributed by atoms with van der Waals surface area (Å²) in [4.78, 5) is 24.9. The van der Waals surface area contributed by atoms with E-state index in [9.17, 15) is 9.59 Å². The zero-order chi connectivity index (χ0) is 22.9. The van der Waals surface area contributed by atoms with Gasteiger partial charge in [0.1, 0.15) is 11.3 Å². The van der Waals surface area contributed by atoms with Gasteiger partial charge in [-0.05, 0) is 65.9 Å². The van der Waals surface area contributed by atoms with E-state index in [-0.39, 0.29) is 23.3 Å². The van der Waals surface area contributed by atoms with Gasteiger partial charge in [0, 0.05) is 16.6 Å². The van der Waals surface area contributed by atoms with Crippen molar-refractivity contribution < 1.29 is 19.1 Å². The minimum atomic E-state index is -0.555. The lowest BCUT2D eigenvalue weighted by Gasteiger charge is -2.37. The van der Waals surface area contributed by atoms with Crippen LogP contribution in [0.5, 0.6) is 5.75 Å². The Morgan fingerprint density at radius 2 is 1.79 bits per heavy atom. The van der Waals surface area contributed by atoms with Gasteiger partial charge in [0.15, 0.2) is 0 Å². The van der Waals surface area contributed by atoms with Gasteiger partial charge in [-0.3, -0.25) is 0 Å². The molecule has 0 amide bonds. The van der Waals surface area contributed by atoms with E-state index in [0.717, 1.165) is 17.7 Å². The van der Waals surface area contributed by atoms with Gasteiger partial charge in [-0.25, -0.2) is 9.59 Å². The number of ether oxygens (including phenoxy) is 2. The second kappa shape index (κ2) is 8.75. The van der Waals surface area contributed by atoms with Crippen molar-refractivity contribution in [3.05, 3.63) is 106 Å². The van der Waals surface area contributed by atoms with Crippen molar-refractivity contribution in [2.75, 3.05) is 12.4 Å². The van der Waals surface area contributed by atoms with Crippen LogP contribution >= 0.6 is 11.6 Å². The molecule has 0 aromatic heterocycles. The molecular formula is C27H22ClNO4. The van der Waals surface area contributed by atoms with Crippen molar-refractivity contribution in [3.63, 3.8) is 0 Å². The van der Waals surface area contributed by atoms with Gasteiger partial charge < -0.3 is 14.8 Å². The molecule has 5 nitrogen and oxygen atoms in total. The molecule has 0 saturated heterocycles. The average Bonchev–Trinajstić information content (AvgIpc) is 3.34. The minimum absolute atomic E-state index is 0.152. The standard InChI is InChI=1S/C27H22ClNO4/c1-32-27(31)21-5-2-3-8-24(21)33-26(30)17-11-14-23-22(15-17)19-6-4-7-20(19)25(29-23)16-9-12-18(28)13-10-16/h2-6,8-15,19-20,25,29H,7H2,1H3/t19-,20+,25+/m0/s1. The van der Waals surface area contributed by atoms with Crippen molar-refractivity contribution in [1.29, 1.82) is 0 Å². The molecule has 1 aliphatic carbocycles. The van der Waals surface area contributed by atoms with Crippen LogP contribution < -0.4 is 10.1 Å². The van der Waals surface area contributed by atoms with Crippen LogP contribution in [0.4, 0.5) is 5.69 Å². The molecule has 0 spiro atoms. The van der Waals surface area contributed by atoms with Gasteiger partial charge in [0.25, 0.3) is 0 Å². The van der Waals surface area contributed by atoms with Gasteiger partial charge in [0.2, 0.25) is 0 Å². The number of fused-ring (bicyclic) bond motifs is 3. The van der Waals surface area contributed by atoms with Crippen molar-refractivity contribution in [2.45, 2.75) is 18.4 Å². The average molecular weight is 460 g/mol. The van der Waals surface area contributed by atoms with Crippen molar-refractivity contribution in [2.24, 2.45) is 5.92 Å². The number of carbonyl (C=O) groups is 2. The van der Waals surface area contributed by atoms with Gasteiger partial charge in [-0.15, -0.1) is 0 Å². The van der Waals surface area contributed by atoms with Gasteiger partial charge in [-0.2, -0.15) is 0 Å². The molecule has 6 heteroatoms. The molecule has 0 saturated carbocycles. The molecule has 0 unspecified atom stereocenters. The lowest BCUT2D eigenvalue weighted by Crippen LogP contribution is -2.29. The fourth-order valence-corrected chi connectivity index (χ4v) is 4.84. The molecule has 166 valence electrons. The molecule has 1 aliphatic heterocycles. The van der Waals surface area contributed by atoms with Crippen LogP contribution in [0.2, 0.25) is 5.02 Å². The van der Waals surface area contributed by atoms with Crippen LogP contribution in [0.3, 0.4) is 0 Å². The molecular weight excluding hydrogens is 438 g/mol. The number of esters is 2. The maximum Gasteiger partial charge on any atom is 0.343 e. The highest BCUT2D eigenvalue weighted by Gasteiger charge is 2.38. The fourth-order valence-electron chi connectivity index (χ4n) is 4.71. The fraction of sp³-hybridized carbons (Fsp3) is 0.185. The third kappa shape index (κ3) is 4.00. The monoisotopic (exact) mass is 459 g/mol. The summed E-state index contributed by atoms with van der Waals surface area (Å²) in [5.41, 5.74) is 3.88. The molecule has 0 fully saturated rings. The highest BCUT2D eigenvalue weighted by Crippen LogP contribution is 2.50. The Bertz CT molecular complexity index is 1250. The molecule has 0 bridgehead atoms. The summed E-state index contributed by atoms with van der Waals surface area (Å²) in [5.74, 6) is -0.374. The smallest absolute Gasteiger partial charge is 0.343 e. The number of allylic oxidation sites excluding steroid dienone is 2. The number of rotatable bonds is 4. The second-order valence-electron chi connectivity index (χ2n) is 8.21. The summed E-state index contributed by atoms with van der Waals surface area (Å²) in [7, 11) is 1.29. The first-order valence-electron chi connectivity index (χ1n) is 10.8. The van der Waals surface area contributed by atoms with E-state index in [0.29, 0.717) is 16.5 Å². The maximum absolute atomic E-state index is 12.9. The molecule has 0 radical (unpaired) electrons. The van der Waals surface area contributed by atoms with Crippen molar-refractivity contribution in [1.82, 2.24) is 0 Å². The molecule has 1 heterocycles. The molecule has 3 aromatic carbocycles. The number of methoxy groups -OCH3 is 1. The van der Waals surface area contributed by atoms with E-state index >= 15 is 0 Å². The lowest BCUT2D eigenvalue weighted by atomic mass is 9.76. The van der Waals surface area contributed by atoms with Gasteiger partial charge >= 0.3 is 11.9 Å². The zero-order valence-corrected chi connectivity index (χ0v) is 18.7. The van der Waals surface area contributed by atoms with Crippen LogP contribution in [-0.4, -0.2) is 19.0 Å². The molecule has 3 atom stereocenters. The van der Waals surface area contributed by atoms with Crippen LogP contribution in [0, 0.1) is 5.92 Å². The highest BCUT2D eigenvalue weighted by atomic mass is 35.5. The number of anilines is 1. The van der Waals surface area contributed by atoms with Crippen LogP contribution in [-0.2, 0) is 4.74 Å². The van der Waals surface area contributed by atoms with E-state index in [1.165, 1.54) is 12.7 Å². The number of benzene rings is 3. The number of carbonyl (C=O) groups excluding carboxylic acids is 2.